The van der Waals surface area contributed by atoms with Gasteiger partial charge in [0, 0.05) is 6.54 Å². The molecule has 0 spiro atoms. The third-order valence-electron chi connectivity index (χ3n) is 2.49. The molecule has 1 unspecified atom stereocenters. The number of rotatable bonds is 5. The minimum atomic E-state index is -2.08. The zero-order valence-electron chi connectivity index (χ0n) is 10.5. The molecular formula is C9H13N5NaO3P. The molecule has 8 nitrogen and oxygen atoms in total. The number of aryl methyl sites for hydroxylation is 1. The smallest absolute Gasteiger partial charge is 0.808 e. The first kappa shape index (κ1) is 16.6. The summed E-state index contributed by atoms with van der Waals surface area (Å²) in [7, 11) is -2.08. The molecule has 2 heterocycles. The van der Waals surface area contributed by atoms with Crippen molar-refractivity contribution in [2.75, 3.05) is 11.9 Å². The Bertz CT molecular complexity index is 599. The minimum absolute atomic E-state index is 0. The van der Waals surface area contributed by atoms with Gasteiger partial charge in [-0.15, -0.1) is 0 Å². The van der Waals surface area contributed by atoms with E-state index < -0.39 is 8.38 Å². The maximum Gasteiger partial charge on any atom is 1.00 e. The number of anilines is 1. The van der Waals surface area contributed by atoms with E-state index in [0.717, 1.165) is 0 Å². The zero-order chi connectivity index (χ0) is 13.1. The third-order valence-corrected chi connectivity index (χ3v) is 3.19. The van der Waals surface area contributed by atoms with Crippen LogP contribution in [0.1, 0.15) is 12.8 Å². The largest absolute Gasteiger partial charge is 1.00 e. The second-order valence-corrected chi connectivity index (χ2v) is 5.00. The molecule has 0 amide bonds. The predicted molar refractivity (Wildman–Crippen MR) is 65.8 cm³/mol. The van der Waals surface area contributed by atoms with Gasteiger partial charge in [-0.1, -0.05) is 8.38 Å². The fourth-order valence-corrected chi connectivity index (χ4v) is 2.16. The molecular weight excluding hydrogens is 280 g/mol. The van der Waals surface area contributed by atoms with Crippen molar-refractivity contribution in [1.82, 2.24) is 19.5 Å². The predicted octanol–water partition coefficient (Wildman–Crippen LogP) is -3.85. The third kappa shape index (κ3) is 4.24. The summed E-state index contributed by atoms with van der Waals surface area (Å²) in [5.41, 5.74) is 5.78. The SMILES string of the molecule is Nc1nc2c(ncn2CCCCP([O-])O)c(=O)[nH]1.[Na+]. The summed E-state index contributed by atoms with van der Waals surface area (Å²) in [6.07, 6.45) is 3.13. The van der Waals surface area contributed by atoms with Crippen LogP contribution in [0.15, 0.2) is 11.1 Å². The Morgan fingerprint density at radius 2 is 2.26 bits per heavy atom. The van der Waals surface area contributed by atoms with Crippen LogP contribution in [0, 0.1) is 0 Å². The van der Waals surface area contributed by atoms with Crippen LogP contribution in [0.2, 0.25) is 0 Å². The molecule has 2 rings (SSSR count). The molecule has 98 valence electrons. The average molecular weight is 293 g/mol. The molecule has 2 aromatic rings. The van der Waals surface area contributed by atoms with Gasteiger partial charge in [0.25, 0.3) is 5.56 Å². The number of hydrogen-bond donors (Lipinski definition) is 3. The van der Waals surface area contributed by atoms with Crippen molar-refractivity contribution in [3.05, 3.63) is 16.7 Å². The van der Waals surface area contributed by atoms with Gasteiger partial charge in [0.05, 0.1) is 6.33 Å². The van der Waals surface area contributed by atoms with Gasteiger partial charge >= 0.3 is 29.6 Å². The van der Waals surface area contributed by atoms with E-state index in [2.05, 4.69) is 15.0 Å². The number of unbranched alkanes of at least 4 members (excludes halogenated alkanes) is 1. The summed E-state index contributed by atoms with van der Waals surface area (Å²) < 4.78 is 1.71. The Hall–Kier alpha value is -0.500. The number of aromatic amines is 1. The van der Waals surface area contributed by atoms with E-state index in [1.54, 1.807) is 4.57 Å². The normalized spacial score (nSPS) is 12.3. The van der Waals surface area contributed by atoms with Crippen LogP contribution in [-0.4, -0.2) is 30.6 Å². The van der Waals surface area contributed by atoms with Gasteiger partial charge in [0.2, 0.25) is 5.95 Å². The molecule has 0 fully saturated rings. The molecule has 0 radical (unpaired) electrons. The van der Waals surface area contributed by atoms with E-state index in [4.69, 9.17) is 10.6 Å². The van der Waals surface area contributed by atoms with Crippen LogP contribution in [-0.2, 0) is 6.54 Å². The van der Waals surface area contributed by atoms with Crippen molar-refractivity contribution < 1.29 is 39.3 Å². The minimum Gasteiger partial charge on any atom is -0.808 e. The number of hydrogen-bond acceptors (Lipinski definition) is 6. The van der Waals surface area contributed by atoms with Crippen molar-refractivity contribution in [2.45, 2.75) is 19.4 Å². The van der Waals surface area contributed by atoms with Gasteiger partial charge in [-0.25, -0.2) is 4.98 Å². The van der Waals surface area contributed by atoms with Crippen molar-refractivity contribution in [2.24, 2.45) is 0 Å². The first-order valence-electron chi connectivity index (χ1n) is 5.42. The van der Waals surface area contributed by atoms with Crippen molar-refractivity contribution >= 4 is 25.5 Å². The van der Waals surface area contributed by atoms with E-state index >= 15 is 0 Å². The molecule has 10 heteroatoms. The topological polar surface area (TPSA) is 133 Å². The average Bonchev–Trinajstić information content (AvgIpc) is 2.67. The van der Waals surface area contributed by atoms with Gasteiger partial charge in [-0.3, -0.25) is 9.78 Å². The van der Waals surface area contributed by atoms with Crippen LogP contribution in [0.25, 0.3) is 11.2 Å². The molecule has 0 aliphatic rings. The quantitative estimate of drug-likeness (QED) is 0.294. The van der Waals surface area contributed by atoms with Crippen molar-refractivity contribution in [1.29, 1.82) is 0 Å². The van der Waals surface area contributed by atoms with Crippen LogP contribution in [0.5, 0.6) is 0 Å². The summed E-state index contributed by atoms with van der Waals surface area (Å²) >= 11 is 0. The monoisotopic (exact) mass is 293 g/mol. The van der Waals surface area contributed by atoms with Gasteiger partial charge in [0.15, 0.2) is 11.2 Å². The first-order valence-corrected chi connectivity index (χ1v) is 6.82. The Kier molecular flexibility index (Phi) is 6.38. The molecule has 2 aromatic heterocycles. The summed E-state index contributed by atoms with van der Waals surface area (Å²) in [4.78, 5) is 41.1. The number of fused-ring (bicyclic) bond motifs is 1. The van der Waals surface area contributed by atoms with Crippen molar-refractivity contribution in [3.63, 3.8) is 0 Å². The fraction of sp³-hybridized carbons (Fsp3) is 0.444. The molecule has 4 N–H and O–H groups in total. The molecule has 0 aliphatic heterocycles. The number of nitrogen functional groups attached to an aromatic ring is 1. The Balaban J connectivity index is 0.00000180. The number of nitrogens with one attached hydrogen (secondary N) is 1. The molecule has 0 aromatic carbocycles. The van der Waals surface area contributed by atoms with Crippen LogP contribution >= 0.6 is 8.38 Å². The summed E-state index contributed by atoms with van der Waals surface area (Å²) in [5, 5.41) is 0. The maximum atomic E-state index is 11.5. The molecule has 0 aliphatic carbocycles. The van der Waals surface area contributed by atoms with E-state index in [1.165, 1.54) is 6.33 Å². The summed E-state index contributed by atoms with van der Waals surface area (Å²) in [6, 6.07) is 0. The molecule has 19 heavy (non-hydrogen) atoms. The van der Waals surface area contributed by atoms with E-state index in [1.807, 2.05) is 0 Å². The number of imidazole rings is 1. The summed E-state index contributed by atoms with van der Waals surface area (Å²) in [5.74, 6) is 0.0488. The van der Waals surface area contributed by atoms with E-state index in [-0.39, 0.29) is 52.7 Å². The zero-order valence-corrected chi connectivity index (χ0v) is 13.4. The fourth-order valence-electron chi connectivity index (χ4n) is 1.66. The Morgan fingerprint density at radius 3 is 2.95 bits per heavy atom. The first-order chi connectivity index (χ1) is 8.58. The summed E-state index contributed by atoms with van der Waals surface area (Å²) in [6.45, 7) is 0.579. The Labute approximate surface area is 132 Å². The van der Waals surface area contributed by atoms with E-state index in [9.17, 15) is 9.69 Å². The molecule has 1 atom stereocenters. The Morgan fingerprint density at radius 1 is 1.53 bits per heavy atom. The van der Waals surface area contributed by atoms with E-state index in [0.29, 0.717) is 25.0 Å². The number of aromatic nitrogens is 4. The van der Waals surface area contributed by atoms with Gasteiger partial charge in [-0.2, -0.15) is 4.98 Å². The standard InChI is InChI=1S/C9H13N5O3P.Na/c10-9-12-7-6(8(15)13-9)11-5-14(7)3-1-2-4-18(16)17;/h5,16H,1-4H2,(H3,10,12,13,15);/q-1;+1. The number of nitrogens with zero attached hydrogens (tertiary/aromatic N) is 3. The van der Waals surface area contributed by atoms with Gasteiger partial charge in [0.1, 0.15) is 0 Å². The van der Waals surface area contributed by atoms with Gasteiger partial charge < -0.3 is 20.1 Å². The maximum absolute atomic E-state index is 11.5. The molecule has 0 saturated heterocycles. The van der Waals surface area contributed by atoms with Crippen LogP contribution in [0.3, 0.4) is 0 Å². The number of nitrogens with two attached hydrogens (primary N) is 1. The second-order valence-electron chi connectivity index (χ2n) is 3.84. The number of H-pyrrole nitrogens is 1. The van der Waals surface area contributed by atoms with Gasteiger partial charge in [-0.05, 0) is 19.0 Å². The van der Waals surface area contributed by atoms with Crippen molar-refractivity contribution in [3.8, 4) is 0 Å². The molecule has 0 saturated carbocycles. The second kappa shape index (κ2) is 7.33. The molecule has 0 bridgehead atoms. The van der Waals surface area contributed by atoms with Crippen LogP contribution in [0.4, 0.5) is 5.95 Å². The van der Waals surface area contributed by atoms with Crippen LogP contribution < -0.4 is 45.7 Å².